The van der Waals surface area contributed by atoms with Crippen LogP contribution in [0.2, 0.25) is 0 Å². The standard InChI is InChI=1S/C26H22FN3O3/c1-3-33-26(32)22-16-24(30(29-22)23-10-5-4-9-21(23)27)19-7-6-8-20(15-19)28-25(31)18-13-11-17(2)12-14-18/h4-16H,3H2,1-2H3,(H,28,31). The maximum atomic E-state index is 14.6. The fourth-order valence-corrected chi connectivity index (χ4v) is 3.36. The zero-order chi connectivity index (χ0) is 23.4. The minimum atomic E-state index is -0.599. The first-order valence-electron chi connectivity index (χ1n) is 10.5. The third kappa shape index (κ3) is 4.82. The zero-order valence-electron chi connectivity index (χ0n) is 18.2. The lowest BCUT2D eigenvalue weighted by Gasteiger charge is -2.11. The Kier molecular flexibility index (Phi) is 6.31. The minimum absolute atomic E-state index is 0.0594. The molecule has 1 aromatic heterocycles. The van der Waals surface area contributed by atoms with Crippen molar-refractivity contribution in [3.05, 3.63) is 102 Å². The third-order valence-corrected chi connectivity index (χ3v) is 5.00. The summed E-state index contributed by atoms with van der Waals surface area (Å²) < 4.78 is 21.0. The number of carbonyl (C=O) groups is 2. The Morgan fingerprint density at radius 3 is 2.48 bits per heavy atom. The molecule has 0 unspecified atom stereocenters. The van der Waals surface area contributed by atoms with Gasteiger partial charge in [0.05, 0.1) is 12.3 Å². The highest BCUT2D eigenvalue weighted by Gasteiger charge is 2.19. The Morgan fingerprint density at radius 1 is 1.00 bits per heavy atom. The largest absolute Gasteiger partial charge is 0.461 e. The van der Waals surface area contributed by atoms with Crippen molar-refractivity contribution < 1.29 is 18.7 Å². The molecule has 1 heterocycles. The summed E-state index contributed by atoms with van der Waals surface area (Å²) >= 11 is 0. The summed E-state index contributed by atoms with van der Waals surface area (Å²) in [6, 6.07) is 22.0. The first-order chi connectivity index (χ1) is 16.0. The number of amides is 1. The number of hydrogen-bond donors (Lipinski definition) is 1. The molecule has 0 saturated heterocycles. The first kappa shape index (κ1) is 22.0. The highest BCUT2D eigenvalue weighted by Crippen LogP contribution is 2.28. The molecule has 166 valence electrons. The number of carbonyl (C=O) groups excluding carboxylic acids is 2. The minimum Gasteiger partial charge on any atom is -0.461 e. The fraction of sp³-hybridized carbons (Fsp3) is 0.115. The topological polar surface area (TPSA) is 73.2 Å². The van der Waals surface area contributed by atoms with Crippen molar-refractivity contribution in [2.75, 3.05) is 11.9 Å². The number of nitrogens with one attached hydrogen (secondary N) is 1. The molecule has 0 aliphatic carbocycles. The van der Waals surface area contributed by atoms with Gasteiger partial charge in [0.1, 0.15) is 11.5 Å². The molecule has 3 aromatic carbocycles. The van der Waals surface area contributed by atoms with Crippen LogP contribution >= 0.6 is 0 Å². The van der Waals surface area contributed by atoms with Crippen LogP contribution in [0.4, 0.5) is 10.1 Å². The molecule has 4 rings (SSSR count). The van der Waals surface area contributed by atoms with Crippen molar-refractivity contribution in [1.29, 1.82) is 0 Å². The number of esters is 1. The van der Waals surface area contributed by atoms with Crippen LogP contribution in [0, 0.1) is 12.7 Å². The molecule has 0 spiro atoms. The number of benzene rings is 3. The molecular weight excluding hydrogens is 421 g/mol. The number of nitrogens with zero attached hydrogens (tertiary/aromatic N) is 2. The van der Waals surface area contributed by atoms with Crippen molar-refractivity contribution in [3.63, 3.8) is 0 Å². The summed E-state index contributed by atoms with van der Waals surface area (Å²) in [7, 11) is 0. The van der Waals surface area contributed by atoms with E-state index in [0.29, 0.717) is 22.5 Å². The summed E-state index contributed by atoms with van der Waals surface area (Å²) in [5.41, 5.74) is 3.52. The second-order valence-electron chi connectivity index (χ2n) is 7.40. The SMILES string of the molecule is CCOC(=O)c1cc(-c2cccc(NC(=O)c3ccc(C)cc3)c2)n(-c2ccccc2F)n1. The van der Waals surface area contributed by atoms with Gasteiger partial charge in [-0.3, -0.25) is 4.79 Å². The summed E-state index contributed by atoms with van der Waals surface area (Å²) in [5, 5.41) is 7.17. The van der Waals surface area contributed by atoms with Crippen LogP contribution in [-0.2, 0) is 4.74 Å². The number of ether oxygens (including phenoxy) is 1. The lowest BCUT2D eigenvalue weighted by molar-refractivity contribution is 0.0518. The molecule has 0 radical (unpaired) electrons. The average molecular weight is 443 g/mol. The molecule has 0 aliphatic rings. The van der Waals surface area contributed by atoms with E-state index in [2.05, 4.69) is 10.4 Å². The van der Waals surface area contributed by atoms with Crippen LogP contribution in [0.3, 0.4) is 0 Å². The number of hydrogen-bond acceptors (Lipinski definition) is 4. The van der Waals surface area contributed by atoms with E-state index in [-0.39, 0.29) is 23.9 Å². The van der Waals surface area contributed by atoms with E-state index in [1.807, 2.05) is 19.1 Å². The third-order valence-electron chi connectivity index (χ3n) is 5.00. The summed E-state index contributed by atoms with van der Waals surface area (Å²) in [6.45, 7) is 3.85. The van der Waals surface area contributed by atoms with Gasteiger partial charge in [-0.05, 0) is 56.3 Å². The van der Waals surface area contributed by atoms with E-state index in [0.717, 1.165) is 5.56 Å². The molecule has 7 heteroatoms. The van der Waals surface area contributed by atoms with Crippen LogP contribution in [0.25, 0.3) is 16.9 Å². The van der Waals surface area contributed by atoms with Crippen molar-refractivity contribution in [3.8, 4) is 16.9 Å². The Morgan fingerprint density at radius 2 is 1.76 bits per heavy atom. The highest BCUT2D eigenvalue weighted by molar-refractivity contribution is 6.04. The summed E-state index contributed by atoms with van der Waals surface area (Å²) in [6.07, 6.45) is 0. The summed E-state index contributed by atoms with van der Waals surface area (Å²) in [4.78, 5) is 24.9. The number of rotatable bonds is 6. The number of aryl methyl sites for hydroxylation is 1. The van der Waals surface area contributed by atoms with Gasteiger partial charge in [-0.15, -0.1) is 0 Å². The van der Waals surface area contributed by atoms with Gasteiger partial charge in [-0.1, -0.05) is 42.0 Å². The van der Waals surface area contributed by atoms with Gasteiger partial charge in [-0.25, -0.2) is 13.9 Å². The number of aromatic nitrogens is 2. The molecule has 4 aromatic rings. The molecular formula is C26H22FN3O3. The van der Waals surface area contributed by atoms with E-state index in [4.69, 9.17) is 4.74 Å². The molecule has 0 bridgehead atoms. The maximum Gasteiger partial charge on any atom is 0.358 e. The van der Waals surface area contributed by atoms with Crippen LogP contribution < -0.4 is 5.32 Å². The van der Waals surface area contributed by atoms with Crippen LogP contribution in [0.1, 0.15) is 33.3 Å². The Bertz CT molecular complexity index is 1310. The molecule has 1 N–H and O–H groups in total. The molecule has 0 atom stereocenters. The predicted octanol–water partition coefficient (Wildman–Crippen LogP) is 5.42. The normalized spacial score (nSPS) is 10.6. The van der Waals surface area contributed by atoms with Crippen molar-refractivity contribution in [2.45, 2.75) is 13.8 Å². The van der Waals surface area contributed by atoms with Gasteiger partial charge >= 0.3 is 5.97 Å². The Hall–Kier alpha value is -4.26. The molecule has 6 nitrogen and oxygen atoms in total. The van der Waals surface area contributed by atoms with E-state index in [1.165, 1.54) is 10.7 Å². The van der Waals surface area contributed by atoms with Gasteiger partial charge in [-0.2, -0.15) is 5.10 Å². The lowest BCUT2D eigenvalue weighted by atomic mass is 10.1. The average Bonchev–Trinajstić information content (AvgIpc) is 3.26. The Balaban J connectivity index is 1.72. The second-order valence-corrected chi connectivity index (χ2v) is 7.40. The van der Waals surface area contributed by atoms with E-state index in [1.54, 1.807) is 67.6 Å². The monoisotopic (exact) mass is 443 g/mol. The zero-order valence-corrected chi connectivity index (χ0v) is 18.2. The highest BCUT2D eigenvalue weighted by atomic mass is 19.1. The van der Waals surface area contributed by atoms with Crippen molar-refractivity contribution in [1.82, 2.24) is 9.78 Å². The van der Waals surface area contributed by atoms with Gasteiger partial charge in [0.25, 0.3) is 5.91 Å². The predicted molar refractivity (Wildman–Crippen MR) is 124 cm³/mol. The molecule has 33 heavy (non-hydrogen) atoms. The molecule has 1 amide bonds. The number of anilines is 1. The van der Waals surface area contributed by atoms with E-state index >= 15 is 0 Å². The molecule has 0 saturated carbocycles. The maximum absolute atomic E-state index is 14.6. The number of para-hydroxylation sites is 1. The summed E-state index contributed by atoms with van der Waals surface area (Å²) in [5.74, 6) is -1.33. The van der Waals surface area contributed by atoms with Crippen molar-refractivity contribution >= 4 is 17.6 Å². The lowest BCUT2D eigenvalue weighted by Crippen LogP contribution is -2.11. The van der Waals surface area contributed by atoms with Crippen LogP contribution in [-0.4, -0.2) is 28.3 Å². The van der Waals surface area contributed by atoms with Crippen molar-refractivity contribution in [2.24, 2.45) is 0 Å². The second kappa shape index (κ2) is 9.48. The smallest absolute Gasteiger partial charge is 0.358 e. The van der Waals surface area contributed by atoms with E-state index in [9.17, 15) is 14.0 Å². The Labute approximate surface area is 190 Å². The van der Waals surface area contributed by atoms with Gasteiger partial charge < -0.3 is 10.1 Å². The first-order valence-corrected chi connectivity index (χ1v) is 10.5. The van der Waals surface area contributed by atoms with Gasteiger partial charge in [0.15, 0.2) is 5.69 Å². The molecule has 0 fully saturated rings. The van der Waals surface area contributed by atoms with Gasteiger partial charge in [0.2, 0.25) is 0 Å². The fourth-order valence-electron chi connectivity index (χ4n) is 3.36. The molecule has 0 aliphatic heterocycles. The van der Waals surface area contributed by atoms with E-state index < -0.39 is 11.8 Å². The number of halogens is 1. The van der Waals surface area contributed by atoms with Gasteiger partial charge in [0, 0.05) is 16.8 Å². The van der Waals surface area contributed by atoms with Crippen LogP contribution in [0.5, 0.6) is 0 Å². The van der Waals surface area contributed by atoms with Crippen LogP contribution in [0.15, 0.2) is 78.9 Å². The quantitative estimate of drug-likeness (QED) is 0.404.